The van der Waals surface area contributed by atoms with Crippen LogP contribution in [0.25, 0.3) is 0 Å². The fraction of sp³-hybridized carbons (Fsp3) is 0.200. The number of halogens is 3. The molecule has 2 aromatic carbocycles. The van der Waals surface area contributed by atoms with Gasteiger partial charge in [0.25, 0.3) is 0 Å². The Kier molecular flexibility index (Phi) is 3.93. The van der Waals surface area contributed by atoms with E-state index in [-0.39, 0.29) is 10.6 Å². The third-order valence-electron chi connectivity index (χ3n) is 3.31. The van der Waals surface area contributed by atoms with Crippen molar-refractivity contribution in [2.75, 3.05) is 13.2 Å². The molecule has 3 rings (SSSR count). The predicted octanol–water partition coefficient (Wildman–Crippen LogP) is 3.95. The average molecular weight is 328 g/mol. The smallest absolute Gasteiger partial charge is 0.162 e. The summed E-state index contributed by atoms with van der Waals surface area (Å²) in [7, 11) is 0. The van der Waals surface area contributed by atoms with Crippen molar-refractivity contribution in [2.45, 2.75) is 6.04 Å². The highest BCUT2D eigenvalue weighted by Crippen LogP contribution is 2.40. The zero-order chi connectivity index (χ0) is 15.0. The van der Waals surface area contributed by atoms with Gasteiger partial charge in [-0.3, -0.25) is 0 Å². The molecule has 0 bridgehead atoms. The van der Waals surface area contributed by atoms with Gasteiger partial charge in [-0.15, -0.1) is 0 Å². The first-order chi connectivity index (χ1) is 10.1. The first-order valence-corrected chi connectivity index (χ1v) is 7.12. The minimum atomic E-state index is -0.790. The predicted molar refractivity (Wildman–Crippen MR) is 79.9 cm³/mol. The molecular formula is C15H12Cl2FNO2. The third kappa shape index (κ3) is 2.67. The Balaban J connectivity index is 2.07. The molecule has 110 valence electrons. The summed E-state index contributed by atoms with van der Waals surface area (Å²) in [5.41, 5.74) is 6.89. The topological polar surface area (TPSA) is 44.5 Å². The van der Waals surface area contributed by atoms with Crippen molar-refractivity contribution >= 4 is 23.2 Å². The first kappa shape index (κ1) is 14.4. The molecule has 1 heterocycles. The summed E-state index contributed by atoms with van der Waals surface area (Å²) in [5, 5.41) is 0.638. The van der Waals surface area contributed by atoms with Gasteiger partial charge in [-0.25, -0.2) is 4.39 Å². The number of nitrogens with two attached hydrogens (primary N) is 1. The Bertz CT molecular complexity index is 673. The molecule has 3 nitrogen and oxygen atoms in total. The Labute approximate surface area is 131 Å². The summed E-state index contributed by atoms with van der Waals surface area (Å²) in [4.78, 5) is 0. The third-order valence-corrected chi connectivity index (χ3v) is 3.96. The number of hydrogen-bond donors (Lipinski definition) is 1. The highest BCUT2D eigenvalue weighted by Gasteiger charge is 2.23. The summed E-state index contributed by atoms with van der Waals surface area (Å²) in [6.07, 6.45) is 0. The van der Waals surface area contributed by atoms with Crippen LogP contribution in [-0.2, 0) is 0 Å². The molecule has 2 N–H and O–H groups in total. The van der Waals surface area contributed by atoms with Crippen LogP contribution in [0.4, 0.5) is 4.39 Å². The number of ether oxygens (including phenoxy) is 2. The lowest BCUT2D eigenvalue weighted by Gasteiger charge is -2.22. The maximum Gasteiger partial charge on any atom is 0.162 e. The van der Waals surface area contributed by atoms with Crippen molar-refractivity contribution in [3.05, 3.63) is 57.3 Å². The molecule has 0 amide bonds. The van der Waals surface area contributed by atoms with Crippen LogP contribution in [0.1, 0.15) is 17.2 Å². The minimum Gasteiger partial charge on any atom is -0.486 e. The first-order valence-electron chi connectivity index (χ1n) is 6.36. The molecule has 1 aliphatic heterocycles. The van der Waals surface area contributed by atoms with Gasteiger partial charge < -0.3 is 15.2 Å². The molecule has 1 atom stereocenters. The van der Waals surface area contributed by atoms with Crippen LogP contribution >= 0.6 is 23.2 Å². The molecule has 0 aromatic heterocycles. The van der Waals surface area contributed by atoms with Crippen molar-refractivity contribution in [3.8, 4) is 11.5 Å². The quantitative estimate of drug-likeness (QED) is 0.908. The van der Waals surface area contributed by atoms with Gasteiger partial charge in [-0.05, 0) is 23.8 Å². The number of hydrogen-bond acceptors (Lipinski definition) is 3. The molecule has 0 saturated heterocycles. The van der Waals surface area contributed by atoms with Gasteiger partial charge in [-0.2, -0.15) is 0 Å². The van der Waals surface area contributed by atoms with Crippen LogP contribution in [0.5, 0.6) is 11.5 Å². The summed E-state index contributed by atoms with van der Waals surface area (Å²) in [6, 6.07) is 6.93. The zero-order valence-corrected chi connectivity index (χ0v) is 12.4. The van der Waals surface area contributed by atoms with E-state index in [1.54, 1.807) is 18.2 Å². The lowest BCUT2D eigenvalue weighted by molar-refractivity contribution is 0.171. The second kappa shape index (κ2) is 5.72. The molecule has 1 aliphatic rings. The van der Waals surface area contributed by atoms with Crippen LogP contribution in [0.3, 0.4) is 0 Å². The number of fused-ring (bicyclic) bond motifs is 1. The molecule has 2 aromatic rings. The minimum absolute atomic E-state index is 0.206. The maximum atomic E-state index is 14.0. The van der Waals surface area contributed by atoms with Crippen molar-refractivity contribution in [3.63, 3.8) is 0 Å². The van der Waals surface area contributed by atoms with Crippen molar-refractivity contribution in [2.24, 2.45) is 5.73 Å². The van der Waals surface area contributed by atoms with E-state index < -0.39 is 11.9 Å². The second-order valence-corrected chi connectivity index (χ2v) is 5.44. The summed E-state index contributed by atoms with van der Waals surface area (Å²) in [5.74, 6) is 0.631. The highest BCUT2D eigenvalue weighted by atomic mass is 35.5. The Morgan fingerprint density at radius 2 is 1.71 bits per heavy atom. The van der Waals surface area contributed by atoms with Crippen molar-refractivity contribution < 1.29 is 13.9 Å². The van der Waals surface area contributed by atoms with Crippen LogP contribution in [0.2, 0.25) is 10.0 Å². The molecule has 0 fully saturated rings. The Morgan fingerprint density at radius 1 is 1.05 bits per heavy atom. The lowest BCUT2D eigenvalue weighted by atomic mass is 9.98. The molecule has 6 heteroatoms. The SMILES string of the molecule is NC(c1cc2c(cc1Cl)OCCO2)c1c(F)cccc1Cl. The fourth-order valence-electron chi connectivity index (χ4n) is 2.28. The van der Waals surface area contributed by atoms with E-state index in [9.17, 15) is 4.39 Å². The maximum absolute atomic E-state index is 14.0. The zero-order valence-electron chi connectivity index (χ0n) is 10.9. The largest absolute Gasteiger partial charge is 0.486 e. The van der Waals surface area contributed by atoms with Crippen molar-refractivity contribution in [1.29, 1.82) is 0 Å². The van der Waals surface area contributed by atoms with E-state index in [4.69, 9.17) is 38.4 Å². The van der Waals surface area contributed by atoms with Crippen LogP contribution in [0, 0.1) is 5.82 Å². The van der Waals surface area contributed by atoms with Gasteiger partial charge in [-0.1, -0.05) is 29.3 Å². The second-order valence-electron chi connectivity index (χ2n) is 4.63. The van der Waals surface area contributed by atoms with Gasteiger partial charge >= 0.3 is 0 Å². The highest BCUT2D eigenvalue weighted by molar-refractivity contribution is 6.32. The van der Waals surface area contributed by atoms with Gasteiger partial charge in [0.2, 0.25) is 0 Å². The molecule has 21 heavy (non-hydrogen) atoms. The molecular weight excluding hydrogens is 316 g/mol. The summed E-state index contributed by atoms with van der Waals surface area (Å²) < 4.78 is 24.9. The van der Waals surface area contributed by atoms with E-state index >= 15 is 0 Å². The molecule has 0 spiro atoms. The van der Waals surface area contributed by atoms with Gasteiger partial charge in [0.15, 0.2) is 11.5 Å². The van der Waals surface area contributed by atoms with E-state index in [0.717, 1.165) is 0 Å². The van der Waals surface area contributed by atoms with Crippen LogP contribution in [-0.4, -0.2) is 13.2 Å². The standard InChI is InChI=1S/C15H12Cl2FNO2/c16-9-2-1-3-11(18)14(9)15(19)8-6-12-13(7-10(8)17)21-5-4-20-12/h1-3,6-7,15H,4-5,19H2. The molecule has 0 radical (unpaired) electrons. The van der Waals surface area contributed by atoms with Gasteiger partial charge in [0, 0.05) is 21.7 Å². The monoisotopic (exact) mass is 327 g/mol. The lowest BCUT2D eigenvalue weighted by Crippen LogP contribution is -2.18. The van der Waals surface area contributed by atoms with E-state index in [0.29, 0.717) is 35.3 Å². The van der Waals surface area contributed by atoms with E-state index in [1.165, 1.54) is 12.1 Å². The normalized spacial score (nSPS) is 14.9. The summed E-state index contributed by atoms with van der Waals surface area (Å²) in [6.45, 7) is 0.914. The molecule has 0 aliphatic carbocycles. The molecule has 0 saturated carbocycles. The van der Waals surface area contributed by atoms with E-state index in [1.807, 2.05) is 0 Å². The van der Waals surface area contributed by atoms with Crippen molar-refractivity contribution in [1.82, 2.24) is 0 Å². The summed E-state index contributed by atoms with van der Waals surface area (Å²) >= 11 is 12.3. The van der Waals surface area contributed by atoms with Gasteiger partial charge in [0.05, 0.1) is 6.04 Å². The average Bonchev–Trinajstić information content (AvgIpc) is 2.46. The fourth-order valence-corrected chi connectivity index (χ4v) is 2.83. The Hall–Kier alpha value is -1.49. The number of benzene rings is 2. The van der Waals surface area contributed by atoms with Crippen LogP contribution < -0.4 is 15.2 Å². The number of rotatable bonds is 2. The molecule has 1 unspecified atom stereocenters. The Morgan fingerprint density at radius 3 is 2.38 bits per heavy atom. The van der Waals surface area contributed by atoms with E-state index in [2.05, 4.69) is 0 Å². The van der Waals surface area contributed by atoms with Crippen LogP contribution in [0.15, 0.2) is 30.3 Å². The van der Waals surface area contributed by atoms with Gasteiger partial charge in [0.1, 0.15) is 19.0 Å².